The van der Waals surface area contributed by atoms with E-state index in [9.17, 15) is 4.79 Å². The van der Waals surface area contributed by atoms with E-state index >= 15 is 0 Å². The van der Waals surface area contributed by atoms with Gasteiger partial charge >= 0.3 is 0 Å². The van der Waals surface area contributed by atoms with E-state index < -0.39 is 0 Å². The van der Waals surface area contributed by atoms with Crippen molar-refractivity contribution in [1.82, 2.24) is 15.1 Å². The van der Waals surface area contributed by atoms with Gasteiger partial charge in [0.2, 0.25) is 17.7 Å². The predicted octanol–water partition coefficient (Wildman–Crippen LogP) is 4.54. The fraction of sp³-hybridized carbons (Fsp3) is 0.278. The van der Waals surface area contributed by atoms with Gasteiger partial charge in [-0.3, -0.25) is 4.79 Å². The molecule has 0 N–H and O–H groups in total. The summed E-state index contributed by atoms with van der Waals surface area (Å²) in [6, 6.07) is 13.7. The Bertz CT molecular complexity index is 832. The molecular formula is C18H18BrN3O2S. The molecule has 2 aromatic heterocycles. The van der Waals surface area contributed by atoms with Crippen LogP contribution < -0.4 is 0 Å². The maximum absolute atomic E-state index is 12.2. The van der Waals surface area contributed by atoms with Crippen LogP contribution in [0.4, 0.5) is 0 Å². The molecule has 1 aromatic carbocycles. The van der Waals surface area contributed by atoms with Crippen molar-refractivity contribution in [2.24, 2.45) is 0 Å². The number of thiophene rings is 1. The van der Waals surface area contributed by atoms with E-state index in [1.807, 2.05) is 49.5 Å². The maximum Gasteiger partial charge on any atom is 0.247 e. The number of rotatable bonds is 7. The Morgan fingerprint density at radius 1 is 1.20 bits per heavy atom. The second-order valence-electron chi connectivity index (χ2n) is 5.68. The number of hydrogen-bond acceptors (Lipinski definition) is 5. The number of carbonyl (C=O) groups is 1. The lowest BCUT2D eigenvalue weighted by Gasteiger charge is -2.15. The molecule has 3 rings (SSSR count). The lowest BCUT2D eigenvalue weighted by Crippen LogP contribution is -2.25. The van der Waals surface area contributed by atoms with Gasteiger partial charge < -0.3 is 9.32 Å². The summed E-state index contributed by atoms with van der Waals surface area (Å²) in [5, 5.41) is 8.12. The third-order valence-corrected chi connectivity index (χ3v) is 5.32. The highest BCUT2D eigenvalue weighted by Crippen LogP contribution is 2.23. The summed E-state index contributed by atoms with van der Waals surface area (Å²) in [4.78, 5) is 15.1. The van der Waals surface area contributed by atoms with Crippen molar-refractivity contribution < 1.29 is 9.21 Å². The summed E-state index contributed by atoms with van der Waals surface area (Å²) in [6.07, 6.45) is 1.75. The largest absolute Gasteiger partial charge is 0.421 e. The fourth-order valence-electron chi connectivity index (χ4n) is 2.39. The van der Waals surface area contributed by atoms with Crippen LogP contribution in [-0.4, -0.2) is 28.1 Å². The van der Waals surface area contributed by atoms with Gasteiger partial charge in [0.1, 0.15) is 0 Å². The Morgan fingerprint density at radius 2 is 2.00 bits per heavy atom. The minimum atomic E-state index is 0.118. The Hall–Kier alpha value is -1.99. The summed E-state index contributed by atoms with van der Waals surface area (Å²) in [5.41, 5.74) is 0.902. The zero-order valence-corrected chi connectivity index (χ0v) is 16.2. The molecule has 0 aliphatic rings. The van der Waals surface area contributed by atoms with Crippen LogP contribution in [0.1, 0.15) is 23.6 Å². The molecule has 0 unspecified atom stereocenters. The van der Waals surface area contributed by atoms with Crippen molar-refractivity contribution in [2.75, 3.05) is 7.05 Å². The molecule has 7 heteroatoms. The quantitative estimate of drug-likeness (QED) is 0.563. The van der Waals surface area contributed by atoms with Gasteiger partial charge in [0, 0.05) is 30.3 Å². The van der Waals surface area contributed by atoms with E-state index in [1.54, 1.807) is 16.2 Å². The average molecular weight is 420 g/mol. The maximum atomic E-state index is 12.2. The van der Waals surface area contributed by atoms with Crippen LogP contribution in [0.15, 0.2) is 50.7 Å². The van der Waals surface area contributed by atoms with Crippen molar-refractivity contribution in [3.63, 3.8) is 0 Å². The first-order valence-electron chi connectivity index (χ1n) is 7.98. The van der Waals surface area contributed by atoms with Gasteiger partial charge in [0.05, 0.1) is 10.3 Å². The van der Waals surface area contributed by atoms with Crippen LogP contribution in [0, 0.1) is 0 Å². The van der Waals surface area contributed by atoms with Gasteiger partial charge in [-0.2, -0.15) is 0 Å². The van der Waals surface area contributed by atoms with Gasteiger partial charge in [0.15, 0.2) is 0 Å². The summed E-state index contributed by atoms with van der Waals surface area (Å²) < 4.78 is 6.74. The molecular weight excluding hydrogens is 402 g/mol. The van der Waals surface area contributed by atoms with Gasteiger partial charge in [-0.15, -0.1) is 21.5 Å². The lowest BCUT2D eigenvalue weighted by atomic mass is 10.2. The number of hydrogen-bond donors (Lipinski definition) is 0. The number of benzene rings is 1. The Morgan fingerprint density at radius 3 is 2.72 bits per heavy atom. The molecule has 3 aromatic rings. The average Bonchev–Trinajstić information content (AvgIpc) is 3.25. The third kappa shape index (κ3) is 4.99. The van der Waals surface area contributed by atoms with E-state index in [2.05, 4.69) is 26.1 Å². The summed E-state index contributed by atoms with van der Waals surface area (Å²) in [6.45, 7) is 0.633. The van der Waals surface area contributed by atoms with E-state index in [0.29, 0.717) is 37.6 Å². The van der Waals surface area contributed by atoms with Crippen molar-refractivity contribution in [3.8, 4) is 11.5 Å². The highest BCUT2D eigenvalue weighted by Gasteiger charge is 2.12. The molecule has 0 saturated heterocycles. The van der Waals surface area contributed by atoms with E-state index in [4.69, 9.17) is 4.42 Å². The lowest BCUT2D eigenvalue weighted by molar-refractivity contribution is -0.130. The number of amides is 1. The number of carbonyl (C=O) groups excluding carboxylic acids is 1. The number of aromatic nitrogens is 2. The topological polar surface area (TPSA) is 59.2 Å². The summed E-state index contributed by atoms with van der Waals surface area (Å²) in [7, 11) is 1.83. The molecule has 0 bridgehead atoms. The summed E-state index contributed by atoms with van der Waals surface area (Å²) >= 11 is 5.08. The van der Waals surface area contributed by atoms with Gasteiger partial charge in [-0.05, 0) is 46.6 Å². The molecule has 0 atom stereocenters. The van der Waals surface area contributed by atoms with Crippen LogP contribution in [0.25, 0.3) is 11.5 Å². The second-order valence-corrected chi connectivity index (χ2v) is 8.22. The molecule has 0 spiro atoms. The minimum absolute atomic E-state index is 0.118. The molecule has 5 nitrogen and oxygen atoms in total. The number of aryl methyl sites for hydroxylation is 1. The zero-order chi connectivity index (χ0) is 17.6. The molecule has 0 aliphatic heterocycles. The van der Waals surface area contributed by atoms with Crippen LogP contribution in [-0.2, 0) is 17.8 Å². The SMILES string of the molecule is CN(Cc1ccc(Br)s1)C(=O)CCCc1nnc(-c2ccccc2)o1. The van der Waals surface area contributed by atoms with E-state index in [0.717, 1.165) is 14.2 Å². The minimum Gasteiger partial charge on any atom is -0.421 e. The molecule has 2 heterocycles. The van der Waals surface area contributed by atoms with Crippen molar-refractivity contribution in [2.45, 2.75) is 25.8 Å². The Kier molecular flexibility index (Phi) is 5.99. The highest BCUT2D eigenvalue weighted by atomic mass is 79.9. The molecule has 1 amide bonds. The van der Waals surface area contributed by atoms with E-state index in [-0.39, 0.29) is 5.91 Å². The van der Waals surface area contributed by atoms with Gasteiger partial charge in [0.25, 0.3) is 0 Å². The van der Waals surface area contributed by atoms with Crippen LogP contribution in [0.5, 0.6) is 0 Å². The predicted molar refractivity (Wildman–Crippen MR) is 101 cm³/mol. The van der Waals surface area contributed by atoms with Gasteiger partial charge in [-0.25, -0.2) is 0 Å². The van der Waals surface area contributed by atoms with Crippen molar-refractivity contribution >= 4 is 33.2 Å². The Balaban J connectivity index is 1.46. The third-order valence-electron chi connectivity index (χ3n) is 3.72. The molecule has 0 aliphatic carbocycles. The normalized spacial score (nSPS) is 10.8. The molecule has 130 valence electrons. The number of halogens is 1. The van der Waals surface area contributed by atoms with Gasteiger partial charge in [-0.1, -0.05) is 18.2 Å². The number of nitrogens with zero attached hydrogens (tertiary/aromatic N) is 3. The smallest absolute Gasteiger partial charge is 0.247 e. The molecule has 25 heavy (non-hydrogen) atoms. The second kappa shape index (κ2) is 8.40. The van der Waals surface area contributed by atoms with Crippen LogP contribution in [0.3, 0.4) is 0 Å². The Labute approximate surface area is 158 Å². The monoisotopic (exact) mass is 419 g/mol. The zero-order valence-electron chi connectivity index (χ0n) is 13.8. The highest BCUT2D eigenvalue weighted by molar-refractivity contribution is 9.11. The first-order valence-corrected chi connectivity index (χ1v) is 9.59. The molecule has 0 radical (unpaired) electrons. The molecule has 0 saturated carbocycles. The first-order chi connectivity index (χ1) is 12.1. The van der Waals surface area contributed by atoms with Crippen LogP contribution in [0.2, 0.25) is 0 Å². The fourth-order valence-corrected chi connectivity index (χ4v) is 3.93. The first kappa shape index (κ1) is 17.8. The van der Waals surface area contributed by atoms with Crippen molar-refractivity contribution in [3.05, 3.63) is 57.0 Å². The van der Waals surface area contributed by atoms with E-state index in [1.165, 1.54) is 0 Å². The molecule has 0 fully saturated rings. The van der Waals surface area contributed by atoms with Crippen molar-refractivity contribution in [1.29, 1.82) is 0 Å². The standard InChI is InChI=1S/C18H18BrN3O2S/c1-22(12-14-10-11-15(19)25-14)17(23)9-5-8-16-20-21-18(24-16)13-6-3-2-4-7-13/h2-4,6-7,10-11H,5,8-9,12H2,1H3. The summed E-state index contributed by atoms with van der Waals surface area (Å²) in [5.74, 6) is 1.20. The van der Waals surface area contributed by atoms with Crippen LogP contribution >= 0.6 is 27.3 Å².